The lowest BCUT2D eigenvalue weighted by Crippen LogP contribution is -2.04. The molecule has 0 aliphatic heterocycles. The van der Waals surface area contributed by atoms with Crippen LogP contribution in [0.5, 0.6) is 5.75 Å². The summed E-state index contributed by atoms with van der Waals surface area (Å²) in [5, 5.41) is 0. The largest absolute Gasteiger partial charge is 0.494 e. The summed E-state index contributed by atoms with van der Waals surface area (Å²) in [5.74, 6) is -0.418. The van der Waals surface area contributed by atoms with Crippen molar-refractivity contribution < 1.29 is 13.9 Å². The van der Waals surface area contributed by atoms with Crippen LogP contribution in [0.15, 0.2) is 41.1 Å². The van der Waals surface area contributed by atoms with Gasteiger partial charge in [-0.25, -0.2) is 4.39 Å². The number of ketones is 1. The highest BCUT2D eigenvalue weighted by Crippen LogP contribution is 2.19. The predicted octanol–water partition coefficient (Wildman–Crippen LogP) is 3.42. The van der Waals surface area contributed by atoms with E-state index in [1.165, 1.54) is 25.4 Å². The zero-order valence-corrected chi connectivity index (χ0v) is 11.8. The van der Waals surface area contributed by atoms with Crippen LogP contribution in [0.4, 0.5) is 4.39 Å². The number of nitrogens with zero attached hydrogens (tertiary/aromatic N) is 1. The van der Waals surface area contributed by atoms with Crippen molar-refractivity contribution in [2.45, 2.75) is 6.42 Å². The zero-order valence-electron chi connectivity index (χ0n) is 10.2. The Morgan fingerprint density at radius 3 is 2.79 bits per heavy atom. The maximum atomic E-state index is 13.5. The molecule has 0 saturated carbocycles. The number of methoxy groups -OCH3 is 1. The quantitative estimate of drug-likeness (QED) is 0.809. The van der Waals surface area contributed by atoms with Gasteiger partial charge in [0.15, 0.2) is 17.3 Å². The molecule has 0 atom stereocenters. The van der Waals surface area contributed by atoms with Gasteiger partial charge in [-0.3, -0.25) is 9.78 Å². The highest BCUT2D eigenvalue weighted by Gasteiger charge is 2.10. The van der Waals surface area contributed by atoms with E-state index in [2.05, 4.69) is 20.9 Å². The molecule has 0 aliphatic carbocycles. The maximum Gasteiger partial charge on any atom is 0.168 e. The number of hydrogen-bond acceptors (Lipinski definition) is 3. The second-order valence-electron chi connectivity index (χ2n) is 3.96. The fourth-order valence-electron chi connectivity index (χ4n) is 1.67. The van der Waals surface area contributed by atoms with E-state index in [0.29, 0.717) is 11.1 Å². The Labute approximate surface area is 118 Å². The molecule has 2 aromatic rings. The number of hydrogen-bond donors (Lipinski definition) is 0. The lowest BCUT2D eigenvalue weighted by atomic mass is 10.0. The third-order valence-corrected chi connectivity index (χ3v) is 3.04. The van der Waals surface area contributed by atoms with Crippen LogP contribution in [0.1, 0.15) is 15.9 Å². The molecular formula is C14H11BrFNO2. The molecule has 0 unspecified atom stereocenters. The van der Waals surface area contributed by atoms with Gasteiger partial charge in [0, 0.05) is 28.9 Å². The van der Waals surface area contributed by atoms with Crippen LogP contribution in [0, 0.1) is 5.82 Å². The average molecular weight is 324 g/mol. The fourth-order valence-corrected chi connectivity index (χ4v) is 2.04. The first kappa shape index (κ1) is 13.7. The minimum Gasteiger partial charge on any atom is -0.494 e. The highest BCUT2D eigenvalue weighted by atomic mass is 79.9. The molecule has 3 nitrogen and oxygen atoms in total. The Hall–Kier alpha value is -1.75. The van der Waals surface area contributed by atoms with E-state index in [-0.39, 0.29) is 18.0 Å². The van der Waals surface area contributed by atoms with Gasteiger partial charge < -0.3 is 4.74 Å². The Kier molecular flexibility index (Phi) is 4.27. The number of ether oxygens (including phenoxy) is 1. The standard InChI is InChI=1S/C14H11BrFNO2/c1-19-14-3-2-9(4-12(14)16)5-13(18)10-6-11(15)8-17-7-10/h2-4,6-8H,5H2,1H3. The Morgan fingerprint density at radius 1 is 1.37 bits per heavy atom. The molecule has 0 saturated heterocycles. The SMILES string of the molecule is COc1ccc(CC(=O)c2cncc(Br)c2)cc1F. The number of carbonyl (C=O) groups is 1. The van der Waals surface area contributed by atoms with E-state index >= 15 is 0 Å². The lowest BCUT2D eigenvalue weighted by molar-refractivity contribution is 0.0992. The second kappa shape index (κ2) is 5.93. The molecule has 0 aliphatic rings. The normalized spacial score (nSPS) is 10.3. The molecule has 1 aromatic heterocycles. The molecular weight excluding hydrogens is 313 g/mol. The summed E-state index contributed by atoms with van der Waals surface area (Å²) in [6.07, 6.45) is 3.22. The van der Waals surface area contributed by atoms with Crippen molar-refractivity contribution >= 4 is 21.7 Å². The van der Waals surface area contributed by atoms with Crippen molar-refractivity contribution in [3.8, 4) is 5.75 Å². The van der Waals surface area contributed by atoms with Gasteiger partial charge in [-0.15, -0.1) is 0 Å². The van der Waals surface area contributed by atoms with Gasteiger partial charge in [0.05, 0.1) is 7.11 Å². The molecule has 0 spiro atoms. The zero-order chi connectivity index (χ0) is 13.8. The van der Waals surface area contributed by atoms with Crippen LogP contribution in [0.3, 0.4) is 0 Å². The molecule has 5 heteroatoms. The number of benzene rings is 1. The van der Waals surface area contributed by atoms with E-state index in [1.54, 1.807) is 18.3 Å². The van der Waals surface area contributed by atoms with Gasteiger partial charge in [0.25, 0.3) is 0 Å². The third kappa shape index (κ3) is 3.38. The van der Waals surface area contributed by atoms with Crippen LogP contribution < -0.4 is 4.74 Å². The summed E-state index contributed by atoms with van der Waals surface area (Å²) < 4.78 is 19.1. The summed E-state index contributed by atoms with van der Waals surface area (Å²) in [6.45, 7) is 0. The van der Waals surface area contributed by atoms with Crippen molar-refractivity contribution in [2.24, 2.45) is 0 Å². The molecule has 19 heavy (non-hydrogen) atoms. The summed E-state index contributed by atoms with van der Waals surface area (Å²) in [4.78, 5) is 15.9. The predicted molar refractivity (Wildman–Crippen MR) is 72.9 cm³/mol. The van der Waals surface area contributed by atoms with E-state index in [0.717, 1.165) is 4.47 Å². The number of Topliss-reactive ketones (excluding diaryl/α,β-unsaturated/α-hetero) is 1. The first-order chi connectivity index (χ1) is 9.10. The molecule has 1 aromatic carbocycles. The summed E-state index contributed by atoms with van der Waals surface area (Å²) >= 11 is 3.26. The Morgan fingerprint density at radius 2 is 2.16 bits per heavy atom. The molecule has 0 fully saturated rings. The topological polar surface area (TPSA) is 39.2 Å². The van der Waals surface area contributed by atoms with Crippen molar-refractivity contribution in [1.82, 2.24) is 4.98 Å². The molecule has 0 bridgehead atoms. The first-order valence-electron chi connectivity index (χ1n) is 5.56. The smallest absolute Gasteiger partial charge is 0.168 e. The summed E-state index contributed by atoms with van der Waals surface area (Å²) in [5.41, 5.74) is 1.09. The minimum atomic E-state index is -0.472. The minimum absolute atomic E-state index is 0.113. The number of aromatic nitrogens is 1. The monoisotopic (exact) mass is 323 g/mol. The van der Waals surface area contributed by atoms with E-state index in [4.69, 9.17) is 4.74 Å². The average Bonchev–Trinajstić information content (AvgIpc) is 2.39. The maximum absolute atomic E-state index is 13.5. The van der Waals surface area contributed by atoms with Gasteiger partial charge in [-0.2, -0.15) is 0 Å². The van der Waals surface area contributed by atoms with E-state index < -0.39 is 5.82 Å². The second-order valence-corrected chi connectivity index (χ2v) is 4.88. The number of carbonyl (C=O) groups excluding carboxylic acids is 1. The van der Waals surface area contributed by atoms with Crippen LogP contribution in [0.25, 0.3) is 0 Å². The van der Waals surface area contributed by atoms with Crippen molar-refractivity contribution in [2.75, 3.05) is 7.11 Å². The molecule has 0 radical (unpaired) electrons. The van der Waals surface area contributed by atoms with Crippen LogP contribution >= 0.6 is 15.9 Å². The van der Waals surface area contributed by atoms with Gasteiger partial charge in [-0.1, -0.05) is 6.07 Å². The van der Waals surface area contributed by atoms with Crippen LogP contribution in [-0.2, 0) is 6.42 Å². The van der Waals surface area contributed by atoms with Gasteiger partial charge in [0.1, 0.15) is 0 Å². The number of rotatable bonds is 4. The van der Waals surface area contributed by atoms with Crippen LogP contribution in [0.2, 0.25) is 0 Å². The Bertz CT molecular complexity index is 616. The molecule has 0 amide bonds. The van der Waals surface area contributed by atoms with Gasteiger partial charge in [-0.05, 0) is 39.7 Å². The molecule has 98 valence electrons. The fraction of sp³-hybridized carbons (Fsp3) is 0.143. The molecule has 2 rings (SSSR count). The summed E-state index contributed by atoms with van der Waals surface area (Å²) in [6, 6.07) is 6.18. The van der Waals surface area contributed by atoms with Crippen molar-refractivity contribution in [3.63, 3.8) is 0 Å². The molecule has 1 heterocycles. The lowest BCUT2D eigenvalue weighted by Gasteiger charge is -2.05. The summed E-state index contributed by atoms with van der Waals surface area (Å²) in [7, 11) is 1.40. The number of halogens is 2. The van der Waals surface area contributed by atoms with Crippen molar-refractivity contribution in [3.05, 3.63) is 58.1 Å². The van der Waals surface area contributed by atoms with Gasteiger partial charge >= 0.3 is 0 Å². The van der Waals surface area contributed by atoms with Crippen molar-refractivity contribution in [1.29, 1.82) is 0 Å². The molecule has 0 N–H and O–H groups in total. The first-order valence-corrected chi connectivity index (χ1v) is 6.35. The van der Waals surface area contributed by atoms with Crippen LogP contribution in [-0.4, -0.2) is 17.9 Å². The third-order valence-electron chi connectivity index (χ3n) is 2.61. The van der Waals surface area contributed by atoms with E-state index in [1.807, 2.05) is 0 Å². The number of pyridine rings is 1. The van der Waals surface area contributed by atoms with Gasteiger partial charge in [0.2, 0.25) is 0 Å². The van der Waals surface area contributed by atoms with E-state index in [9.17, 15) is 9.18 Å². The Balaban J connectivity index is 2.17. The highest BCUT2D eigenvalue weighted by molar-refractivity contribution is 9.10.